The summed E-state index contributed by atoms with van der Waals surface area (Å²) in [6.07, 6.45) is 0.790. The van der Waals surface area contributed by atoms with Gasteiger partial charge in [0.25, 0.3) is 11.7 Å². The van der Waals surface area contributed by atoms with Crippen molar-refractivity contribution in [3.63, 3.8) is 0 Å². The van der Waals surface area contributed by atoms with E-state index < -0.39 is 33.4 Å². The molecule has 208 valence electrons. The van der Waals surface area contributed by atoms with E-state index >= 15 is 0 Å². The summed E-state index contributed by atoms with van der Waals surface area (Å²) in [6.45, 7) is 2.52. The molecule has 0 aliphatic heterocycles. The third-order valence-electron chi connectivity index (χ3n) is 6.58. The molecule has 4 aromatic rings. The van der Waals surface area contributed by atoms with Crippen LogP contribution in [0.25, 0.3) is 10.9 Å². The van der Waals surface area contributed by atoms with Gasteiger partial charge >= 0.3 is 0 Å². The number of ether oxygens (including phenoxy) is 1. The Kier molecular flexibility index (Phi) is 8.36. The molecule has 0 radical (unpaired) electrons. The third kappa shape index (κ3) is 5.61. The summed E-state index contributed by atoms with van der Waals surface area (Å²) in [5, 5.41) is 0.279. The van der Waals surface area contributed by atoms with E-state index in [-0.39, 0.29) is 33.7 Å². The summed E-state index contributed by atoms with van der Waals surface area (Å²) < 4.78 is 34.5. The number of sulfone groups is 1. The normalized spacial score (nSPS) is 11.4. The number of primary amides is 2. The predicted octanol–water partition coefficient (Wildman–Crippen LogP) is 2.33. The summed E-state index contributed by atoms with van der Waals surface area (Å²) in [7, 11) is -4.20. The van der Waals surface area contributed by atoms with Gasteiger partial charge in [-0.1, -0.05) is 49.4 Å². The van der Waals surface area contributed by atoms with Gasteiger partial charge in [-0.15, -0.1) is 0 Å². The number of rotatable bonds is 12. The van der Waals surface area contributed by atoms with E-state index in [2.05, 4.69) is 0 Å². The van der Waals surface area contributed by atoms with E-state index in [9.17, 15) is 22.8 Å². The molecular formula is C29H30N4O6S. The van der Waals surface area contributed by atoms with Crippen LogP contribution in [0.4, 0.5) is 0 Å². The third-order valence-corrected chi connectivity index (χ3v) is 8.01. The van der Waals surface area contributed by atoms with Crippen molar-refractivity contribution in [2.24, 2.45) is 17.2 Å². The lowest BCUT2D eigenvalue weighted by molar-refractivity contribution is -0.114. The number of Topliss-reactive ketones (excluding diaryl/α,β-unsaturated/α-hetero) is 1. The first-order valence-electron chi connectivity index (χ1n) is 12.6. The molecule has 0 bridgehead atoms. The summed E-state index contributed by atoms with van der Waals surface area (Å²) in [4.78, 5) is 36.9. The van der Waals surface area contributed by atoms with Crippen molar-refractivity contribution < 1.29 is 27.5 Å². The van der Waals surface area contributed by atoms with Gasteiger partial charge in [-0.25, -0.2) is 8.42 Å². The molecule has 0 fully saturated rings. The molecule has 0 unspecified atom stereocenters. The van der Waals surface area contributed by atoms with Crippen LogP contribution >= 0.6 is 0 Å². The predicted molar refractivity (Wildman–Crippen MR) is 151 cm³/mol. The smallest absolute Gasteiger partial charge is 0.289 e. The van der Waals surface area contributed by atoms with Crippen LogP contribution in [0.15, 0.2) is 71.6 Å². The SMILES string of the molecule is CCc1c(C(=O)C(N)=O)c2c(OCS(=O)(=O)c3cc(CCN)ccc3C(N)=O)cccc2n1Cc1ccccc1. The number of nitrogens with two attached hydrogens (primary N) is 3. The van der Waals surface area contributed by atoms with Crippen molar-refractivity contribution >= 4 is 38.3 Å². The second-order valence-electron chi connectivity index (χ2n) is 9.20. The Bertz CT molecular complexity index is 1710. The minimum absolute atomic E-state index is 0.0664. The molecule has 0 aliphatic carbocycles. The Hall–Kier alpha value is -4.48. The quantitative estimate of drug-likeness (QED) is 0.175. The fraction of sp³-hybridized carbons (Fsp3) is 0.207. The summed E-state index contributed by atoms with van der Waals surface area (Å²) >= 11 is 0. The lowest BCUT2D eigenvalue weighted by atomic mass is 10.0. The largest absolute Gasteiger partial charge is 0.477 e. The van der Waals surface area contributed by atoms with Gasteiger partial charge in [-0.2, -0.15) is 0 Å². The molecule has 0 spiro atoms. The lowest BCUT2D eigenvalue weighted by Crippen LogP contribution is -2.24. The van der Waals surface area contributed by atoms with Crippen LogP contribution in [0.5, 0.6) is 5.75 Å². The molecule has 1 aromatic heterocycles. The fourth-order valence-corrected chi connectivity index (χ4v) is 6.02. The maximum absolute atomic E-state index is 13.4. The first kappa shape index (κ1) is 28.5. The number of hydrogen-bond acceptors (Lipinski definition) is 7. The Morgan fingerprint density at radius 1 is 0.925 bits per heavy atom. The average Bonchev–Trinajstić information content (AvgIpc) is 3.25. The number of amides is 2. The number of nitrogens with zero attached hydrogens (tertiary/aromatic N) is 1. The van der Waals surface area contributed by atoms with Gasteiger partial charge in [0.1, 0.15) is 5.75 Å². The lowest BCUT2D eigenvalue weighted by Gasteiger charge is -2.13. The zero-order valence-electron chi connectivity index (χ0n) is 21.9. The number of carbonyl (C=O) groups is 3. The summed E-state index contributed by atoms with van der Waals surface area (Å²) in [5.74, 6) is -3.73. The fourth-order valence-electron chi connectivity index (χ4n) is 4.78. The van der Waals surface area contributed by atoms with Crippen molar-refractivity contribution in [1.29, 1.82) is 0 Å². The molecule has 3 aromatic carbocycles. The Morgan fingerprint density at radius 2 is 1.65 bits per heavy atom. The second-order valence-corrected chi connectivity index (χ2v) is 11.1. The van der Waals surface area contributed by atoms with E-state index in [1.165, 1.54) is 18.2 Å². The molecule has 4 rings (SSSR count). The van der Waals surface area contributed by atoms with Gasteiger partial charge in [-0.05, 0) is 54.8 Å². The van der Waals surface area contributed by atoms with Gasteiger partial charge < -0.3 is 26.5 Å². The molecule has 10 nitrogen and oxygen atoms in total. The van der Waals surface area contributed by atoms with Crippen molar-refractivity contribution in [1.82, 2.24) is 4.57 Å². The molecule has 1 heterocycles. The molecule has 0 saturated carbocycles. The zero-order chi connectivity index (χ0) is 29.0. The standard InChI is InChI=1S/C29H30N4O6S/c1-2-21-26(27(34)29(32)36)25-22(33(21)16-19-7-4-3-5-8-19)9-6-10-23(25)39-17-40(37,38)24-15-18(13-14-30)11-12-20(24)28(31)35/h3-12,15H,2,13-14,16-17,30H2,1H3,(H2,31,35)(H2,32,36). The van der Waals surface area contributed by atoms with Crippen LogP contribution in [0.1, 0.15) is 44.5 Å². The number of carbonyl (C=O) groups excluding carboxylic acids is 3. The maximum Gasteiger partial charge on any atom is 0.289 e. The number of fused-ring (bicyclic) bond motifs is 1. The van der Waals surface area contributed by atoms with Crippen molar-refractivity contribution in [2.75, 3.05) is 12.5 Å². The number of benzene rings is 3. The van der Waals surface area contributed by atoms with E-state index in [0.29, 0.717) is 36.2 Å². The highest BCUT2D eigenvalue weighted by molar-refractivity contribution is 7.91. The second kappa shape index (κ2) is 11.7. The van der Waals surface area contributed by atoms with Gasteiger partial charge in [0.05, 0.1) is 26.9 Å². The van der Waals surface area contributed by atoms with Gasteiger partial charge in [0.2, 0.25) is 15.7 Å². The van der Waals surface area contributed by atoms with E-state index in [1.54, 1.807) is 18.2 Å². The first-order chi connectivity index (χ1) is 19.1. The molecule has 0 aliphatic rings. The first-order valence-corrected chi connectivity index (χ1v) is 14.2. The van der Waals surface area contributed by atoms with E-state index in [0.717, 1.165) is 5.56 Å². The van der Waals surface area contributed by atoms with Crippen molar-refractivity contribution in [2.45, 2.75) is 31.2 Å². The van der Waals surface area contributed by atoms with E-state index in [1.807, 2.05) is 41.8 Å². The molecule has 2 amide bonds. The number of ketones is 1. The summed E-state index contributed by atoms with van der Waals surface area (Å²) in [5.41, 5.74) is 19.1. The minimum Gasteiger partial charge on any atom is -0.477 e. The van der Waals surface area contributed by atoms with Crippen LogP contribution in [0.2, 0.25) is 0 Å². The Balaban J connectivity index is 1.83. The van der Waals surface area contributed by atoms with Crippen LogP contribution < -0.4 is 21.9 Å². The summed E-state index contributed by atoms with van der Waals surface area (Å²) in [6, 6.07) is 18.8. The highest BCUT2D eigenvalue weighted by atomic mass is 32.2. The van der Waals surface area contributed by atoms with E-state index in [4.69, 9.17) is 21.9 Å². The molecular weight excluding hydrogens is 532 g/mol. The zero-order valence-corrected chi connectivity index (χ0v) is 22.7. The van der Waals surface area contributed by atoms with Crippen LogP contribution in [0.3, 0.4) is 0 Å². The molecule has 6 N–H and O–H groups in total. The van der Waals surface area contributed by atoms with Crippen molar-refractivity contribution in [3.05, 3.63) is 94.7 Å². The average molecular weight is 563 g/mol. The van der Waals surface area contributed by atoms with Crippen LogP contribution in [-0.2, 0) is 34.0 Å². The highest BCUT2D eigenvalue weighted by Gasteiger charge is 2.29. The molecule has 0 saturated heterocycles. The van der Waals surface area contributed by atoms with Crippen molar-refractivity contribution in [3.8, 4) is 5.75 Å². The number of aromatic nitrogens is 1. The Labute approximate surface area is 231 Å². The van der Waals surface area contributed by atoms with Gasteiger partial charge in [0.15, 0.2) is 5.94 Å². The van der Waals surface area contributed by atoms with Crippen LogP contribution in [0, 0.1) is 0 Å². The topological polar surface area (TPSA) is 178 Å². The molecule has 11 heteroatoms. The Morgan fingerprint density at radius 3 is 2.27 bits per heavy atom. The highest BCUT2D eigenvalue weighted by Crippen LogP contribution is 2.36. The van der Waals surface area contributed by atoms with Gasteiger partial charge in [0, 0.05) is 12.2 Å². The molecule has 0 atom stereocenters. The molecule has 40 heavy (non-hydrogen) atoms. The van der Waals surface area contributed by atoms with Crippen LogP contribution in [-0.4, -0.2) is 43.1 Å². The van der Waals surface area contributed by atoms with Gasteiger partial charge in [-0.3, -0.25) is 14.4 Å². The monoisotopic (exact) mass is 562 g/mol. The minimum atomic E-state index is -4.20. The maximum atomic E-state index is 13.4. The number of hydrogen-bond donors (Lipinski definition) is 3.